The Labute approximate surface area is 154 Å². The zero-order valence-electron chi connectivity index (χ0n) is 15.2. The summed E-state index contributed by atoms with van der Waals surface area (Å²) in [6, 6.07) is 8.90. The van der Waals surface area contributed by atoms with Crippen molar-refractivity contribution in [2.75, 3.05) is 6.61 Å². The van der Waals surface area contributed by atoms with Crippen molar-refractivity contribution in [2.45, 2.75) is 45.0 Å². The number of hydrogen-bond acceptors (Lipinski definition) is 4. The normalized spacial score (nSPS) is 13.7. The molecule has 0 saturated carbocycles. The topological polar surface area (TPSA) is 68.7 Å². The lowest BCUT2D eigenvalue weighted by Crippen LogP contribution is -2.47. The largest absolute Gasteiger partial charge is 0.490 e. The van der Waals surface area contributed by atoms with Gasteiger partial charge in [-0.2, -0.15) is 0 Å². The third-order valence-electron chi connectivity index (χ3n) is 4.55. The molecule has 0 radical (unpaired) electrons. The third-order valence-corrected chi connectivity index (χ3v) is 9.24. The molecule has 0 bridgehead atoms. The molecule has 2 aromatic rings. The van der Waals surface area contributed by atoms with E-state index in [0.29, 0.717) is 10.9 Å². The summed E-state index contributed by atoms with van der Waals surface area (Å²) in [5.41, 5.74) is 0.757. The average Bonchev–Trinajstić information content (AvgIpc) is 2.49. The number of carboxylic acid groups (broad SMARTS) is 1. The van der Waals surface area contributed by atoms with Crippen molar-refractivity contribution in [2.24, 2.45) is 0 Å². The van der Waals surface area contributed by atoms with Gasteiger partial charge in [0.25, 0.3) is 0 Å². The van der Waals surface area contributed by atoms with Gasteiger partial charge >= 0.3 is 5.97 Å². The highest BCUT2D eigenvalue weighted by atomic mass is 35.5. The molecule has 1 atom stereocenters. The lowest BCUT2D eigenvalue weighted by atomic mass is 10.2. The van der Waals surface area contributed by atoms with Crippen molar-refractivity contribution < 1.29 is 19.1 Å². The van der Waals surface area contributed by atoms with Gasteiger partial charge in [-0.1, -0.05) is 32.4 Å². The quantitative estimate of drug-likeness (QED) is 0.578. The number of fused-ring (bicyclic) bond motifs is 1. The molecule has 1 aromatic carbocycles. The van der Waals surface area contributed by atoms with Crippen LogP contribution in [0.4, 0.5) is 0 Å². The molecule has 0 amide bonds. The molecular weight excluding hydrogens is 358 g/mol. The highest BCUT2D eigenvalue weighted by molar-refractivity contribution is 6.74. The molecule has 0 spiro atoms. The lowest BCUT2D eigenvalue weighted by Gasteiger charge is -2.38. The summed E-state index contributed by atoms with van der Waals surface area (Å²) in [6.45, 7) is 10.2. The number of ether oxygens (including phenoxy) is 1. The minimum absolute atomic E-state index is 0.0473. The van der Waals surface area contributed by atoms with E-state index in [9.17, 15) is 9.90 Å². The fourth-order valence-electron chi connectivity index (χ4n) is 2.03. The summed E-state index contributed by atoms with van der Waals surface area (Å²) in [5, 5.41) is 10.7. The molecule has 0 unspecified atom stereocenters. The van der Waals surface area contributed by atoms with Gasteiger partial charge in [0.2, 0.25) is 0 Å². The van der Waals surface area contributed by atoms with Gasteiger partial charge in [0, 0.05) is 5.39 Å². The smallest absolute Gasteiger partial charge is 0.335 e. The molecule has 0 fully saturated rings. The van der Waals surface area contributed by atoms with Crippen LogP contribution in [0.5, 0.6) is 5.75 Å². The molecule has 0 aliphatic heterocycles. The second kappa shape index (κ2) is 7.31. The maximum atomic E-state index is 11.6. The van der Waals surface area contributed by atoms with Crippen LogP contribution < -0.4 is 4.74 Å². The van der Waals surface area contributed by atoms with Gasteiger partial charge in [-0.05, 0) is 48.5 Å². The summed E-state index contributed by atoms with van der Waals surface area (Å²) < 4.78 is 11.7. The molecule has 7 heteroatoms. The first-order chi connectivity index (χ1) is 11.5. The SMILES string of the molecule is CC(C)(C)[Si](C)(C)O[C@H](COc1ccc2nc(Cl)ccc2c1)C(=O)O. The molecule has 1 heterocycles. The van der Waals surface area contributed by atoms with E-state index in [1.54, 1.807) is 18.2 Å². The number of aromatic nitrogens is 1. The Morgan fingerprint density at radius 2 is 1.96 bits per heavy atom. The summed E-state index contributed by atoms with van der Waals surface area (Å²) in [7, 11) is -2.20. The van der Waals surface area contributed by atoms with Crippen LogP contribution in [0.3, 0.4) is 0 Å². The summed E-state index contributed by atoms with van der Waals surface area (Å²) in [4.78, 5) is 15.8. The number of carboxylic acids is 1. The Balaban J connectivity index is 2.11. The monoisotopic (exact) mass is 381 g/mol. The van der Waals surface area contributed by atoms with Gasteiger partial charge in [-0.25, -0.2) is 9.78 Å². The second-order valence-electron chi connectivity index (χ2n) is 7.50. The highest BCUT2D eigenvalue weighted by Gasteiger charge is 2.41. The van der Waals surface area contributed by atoms with Crippen LogP contribution in [0.2, 0.25) is 23.3 Å². The lowest BCUT2D eigenvalue weighted by molar-refractivity contribution is -0.147. The van der Waals surface area contributed by atoms with E-state index in [4.69, 9.17) is 20.8 Å². The van der Waals surface area contributed by atoms with Crippen LogP contribution in [-0.4, -0.2) is 37.1 Å². The van der Waals surface area contributed by atoms with E-state index in [1.807, 2.05) is 25.2 Å². The number of carbonyl (C=O) groups is 1. The van der Waals surface area contributed by atoms with Crippen molar-refractivity contribution in [1.29, 1.82) is 0 Å². The molecule has 136 valence electrons. The third kappa shape index (κ3) is 4.93. The molecule has 2 rings (SSSR count). The number of nitrogens with zero attached hydrogens (tertiary/aromatic N) is 1. The van der Waals surface area contributed by atoms with Crippen LogP contribution in [0.1, 0.15) is 20.8 Å². The van der Waals surface area contributed by atoms with E-state index in [2.05, 4.69) is 25.8 Å². The van der Waals surface area contributed by atoms with E-state index in [1.165, 1.54) is 0 Å². The van der Waals surface area contributed by atoms with E-state index >= 15 is 0 Å². The molecule has 5 nitrogen and oxygen atoms in total. The molecule has 0 saturated heterocycles. The van der Waals surface area contributed by atoms with Crippen molar-refractivity contribution in [3.05, 3.63) is 35.5 Å². The molecule has 1 aromatic heterocycles. The van der Waals surface area contributed by atoms with Crippen molar-refractivity contribution >= 4 is 36.8 Å². The fourth-order valence-corrected chi connectivity index (χ4v) is 3.42. The van der Waals surface area contributed by atoms with Crippen LogP contribution in [0.15, 0.2) is 30.3 Å². The first-order valence-corrected chi connectivity index (χ1v) is 11.4. The van der Waals surface area contributed by atoms with Gasteiger partial charge in [0.1, 0.15) is 17.5 Å². The maximum absolute atomic E-state index is 11.6. The summed E-state index contributed by atoms with van der Waals surface area (Å²) >= 11 is 5.87. The maximum Gasteiger partial charge on any atom is 0.335 e. The number of benzene rings is 1. The Bertz CT molecular complexity index is 773. The summed E-state index contributed by atoms with van der Waals surface area (Å²) in [5.74, 6) is -0.444. The zero-order chi connectivity index (χ0) is 18.8. The average molecular weight is 382 g/mol. The predicted molar refractivity (Wildman–Crippen MR) is 102 cm³/mol. The minimum Gasteiger partial charge on any atom is -0.490 e. The number of halogens is 1. The van der Waals surface area contributed by atoms with E-state index in [0.717, 1.165) is 10.9 Å². The van der Waals surface area contributed by atoms with Crippen molar-refractivity contribution in [3.8, 4) is 5.75 Å². The number of pyridine rings is 1. The first kappa shape index (κ1) is 19.7. The van der Waals surface area contributed by atoms with E-state index < -0.39 is 20.4 Å². The second-order valence-corrected chi connectivity index (χ2v) is 12.6. The van der Waals surface area contributed by atoms with Crippen LogP contribution >= 0.6 is 11.6 Å². The number of rotatable bonds is 6. The standard InChI is InChI=1S/C18H24ClNO4Si/c1-18(2,3)25(4,5)24-15(17(21)22)11-23-13-7-8-14-12(10-13)6-9-16(19)20-14/h6-10,15H,11H2,1-5H3,(H,21,22)/t15-/m1/s1. The van der Waals surface area contributed by atoms with Crippen molar-refractivity contribution in [3.63, 3.8) is 0 Å². The Hall–Kier alpha value is -1.63. The molecule has 25 heavy (non-hydrogen) atoms. The Morgan fingerprint density at radius 1 is 1.28 bits per heavy atom. The highest BCUT2D eigenvalue weighted by Crippen LogP contribution is 2.37. The first-order valence-electron chi connectivity index (χ1n) is 8.09. The fraction of sp³-hybridized carbons (Fsp3) is 0.444. The van der Waals surface area contributed by atoms with Gasteiger partial charge in [-0.3, -0.25) is 0 Å². The predicted octanol–water partition coefficient (Wildman–Crippen LogP) is 4.74. The van der Waals surface area contributed by atoms with Crippen LogP contribution in [0.25, 0.3) is 10.9 Å². The molecule has 0 aliphatic rings. The van der Waals surface area contributed by atoms with Crippen LogP contribution in [-0.2, 0) is 9.22 Å². The molecular formula is C18H24ClNO4Si. The molecule has 0 aliphatic carbocycles. The Kier molecular flexibility index (Phi) is 5.76. The summed E-state index contributed by atoms with van der Waals surface area (Å²) in [6.07, 6.45) is -1.00. The zero-order valence-corrected chi connectivity index (χ0v) is 16.9. The van der Waals surface area contributed by atoms with Gasteiger partial charge in [-0.15, -0.1) is 0 Å². The van der Waals surface area contributed by atoms with Gasteiger partial charge in [0.15, 0.2) is 14.4 Å². The van der Waals surface area contributed by atoms with E-state index in [-0.39, 0.29) is 11.6 Å². The molecule has 1 N–H and O–H groups in total. The van der Waals surface area contributed by atoms with Gasteiger partial charge in [0.05, 0.1) is 5.52 Å². The number of aliphatic carboxylic acids is 1. The van der Waals surface area contributed by atoms with Crippen molar-refractivity contribution in [1.82, 2.24) is 4.98 Å². The van der Waals surface area contributed by atoms with Crippen LogP contribution in [0, 0.1) is 0 Å². The Morgan fingerprint density at radius 3 is 2.56 bits per heavy atom. The number of hydrogen-bond donors (Lipinski definition) is 1. The van der Waals surface area contributed by atoms with Gasteiger partial charge < -0.3 is 14.3 Å². The minimum atomic E-state index is -2.20.